The molecule has 6 nitrogen and oxygen atoms in total. The Bertz CT molecular complexity index is 1030. The van der Waals surface area contributed by atoms with E-state index in [1.807, 2.05) is 13.8 Å². The predicted octanol–water partition coefficient (Wildman–Crippen LogP) is 3.41. The number of rotatable bonds is 5. The molecule has 10 heteroatoms. The van der Waals surface area contributed by atoms with Gasteiger partial charge in [0.1, 0.15) is 5.84 Å². The van der Waals surface area contributed by atoms with Crippen molar-refractivity contribution in [2.24, 2.45) is 10.3 Å². The number of hydrogen-bond donors (Lipinski definition) is 1. The van der Waals surface area contributed by atoms with Gasteiger partial charge in [0.2, 0.25) is 0 Å². The molecule has 0 spiro atoms. The van der Waals surface area contributed by atoms with Crippen molar-refractivity contribution in [1.82, 2.24) is 10.2 Å². The Morgan fingerprint density at radius 1 is 1.27 bits per heavy atom. The molecule has 30 heavy (non-hydrogen) atoms. The number of fused-ring (bicyclic) bond motifs is 1. The molecule has 2 heterocycles. The maximum Gasteiger partial charge on any atom is 0.416 e. The summed E-state index contributed by atoms with van der Waals surface area (Å²) in [5.41, 5.74) is -0.122. The summed E-state index contributed by atoms with van der Waals surface area (Å²) in [6, 6.07) is 4.34. The molecule has 2 aliphatic rings. The van der Waals surface area contributed by atoms with Crippen LogP contribution in [0.15, 0.2) is 52.6 Å². The van der Waals surface area contributed by atoms with Gasteiger partial charge in [0.15, 0.2) is 0 Å². The van der Waals surface area contributed by atoms with Gasteiger partial charge in [0, 0.05) is 12.7 Å². The molecule has 0 bridgehead atoms. The Morgan fingerprint density at radius 3 is 2.67 bits per heavy atom. The lowest BCUT2D eigenvalue weighted by Crippen LogP contribution is -2.38. The number of benzene rings is 1. The minimum Gasteiger partial charge on any atom is -0.345 e. The van der Waals surface area contributed by atoms with Gasteiger partial charge in [-0.25, -0.2) is 8.42 Å². The summed E-state index contributed by atoms with van der Waals surface area (Å²) < 4.78 is 66.1. The normalized spacial score (nSPS) is 19.1. The van der Waals surface area contributed by atoms with Gasteiger partial charge in [0.25, 0.3) is 15.9 Å². The third-order valence-electron chi connectivity index (χ3n) is 4.71. The number of sulfonamides is 1. The quantitative estimate of drug-likeness (QED) is 0.760. The van der Waals surface area contributed by atoms with Crippen molar-refractivity contribution < 1.29 is 26.4 Å². The van der Waals surface area contributed by atoms with E-state index in [0.717, 1.165) is 12.1 Å². The first kappa shape index (κ1) is 22.1. The van der Waals surface area contributed by atoms with Crippen molar-refractivity contribution in [3.63, 3.8) is 0 Å². The lowest BCUT2D eigenvalue weighted by atomic mass is 9.95. The first-order valence-corrected chi connectivity index (χ1v) is 11.0. The smallest absolute Gasteiger partial charge is 0.345 e. The van der Waals surface area contributed by atoms with Crippen LogP contribution in [0, 0.1) is 5.92 Å². The van der Waals surface area contributed by atoms with Gasteiger partial charge in [0.05, 0.1) is 22.9 Å². The van der Waals surface area contributed by atoms with E-state index in [-0.39, 0.29) is 29.6 Å². The second-order valence-electron chi connectivity index (χ2n) is 7.63. The molecule has 1 aromatic rings. The van der Waals surface area contributed by atoms with Gasteiger partial charge >= 0.3 is 6.18 Å². The number of hydrogen-bond acceptors (Lipinski definition) is 4. The summed E-state index contributed by atoms with van der Waals surface area (Å²) >= 11 is 0. The lowest BCUT2D eigenvalue weighted by molar-refractivity contribution is -0.137. The second-order valence-corrected chi connectivity index (χ2v) is 9.38. The van der Waals surface area contributed by atoms with Crippen molar-refractivity contribution in [2.75, 3.05) is 12.3 Å². The largest absolute Gasteiger partial charge is 0.416 e. The van der Waals surface area contributed by atoms with Crippen molar-refractivity contribution in [1.29, 1.82) is 0 Å². The Kier molecular flexibility index (Phi) is 6.07. The molecular weight excluding hydrogens is 419 g/mol. The zero-order chi connectivity index (χ0) is 22.1. The van der Waals surface area contributed by atoms with Gasteiger partial charge in [-0.15, -0.1) is 4.40 Å². The summed E-state index contributed by atoms with van der Waals surface area (Å²) in [7, 11) is -3.50. The topological polar surface area (TPSA) is 78.8 Å². The Labute approximate surface area is 173 Å². The SMILES string of the molecule is CC(C)CC(NC(=O)C1=CN2CCS(=O)(=O)N=C2C=C1)c1cccc(C(F)(F)F)c1. The standard InChI is InChI=1S/C20H22F3N3O3S/c1-13(2)10-17(14-4-3-5-16(11-14)20(21,22)23)24-19(27)15-6-7-18-25-30(28,29)9-8-26(18)12-15/h3-7,11-13,17H,8-10H2,1-2H3,(H,24,27). The number of amides is 1. The summed E-state index contributed by atoms with van der Waals surface area (Å²) in [4.78, 5) is 14.4. The number of nitrogens with one attached hydrogen (secondary N) is 1. The molecule has 1 atom stereocenters. The van der Waals surface area contributed by atoms with Crippen LogP contribution in [-0.4, -0.2) is 37.4 Å². The highest BCUT2D eigenvalue weighted by atomic mass is 32.2. The molecule has 1 N–H and O–H groups in total. The highest BCUT2D eigenvalue weighted by Crippen LogP contribution is 2.32. The zero-order valence-electron chi connectivity index (χ0n) is 16.5. The molecule has 0 aromatic heterocycles. The van der Waals surface area contributed by atoms with Crippen LogP contribution in [-0.2, 0) is 21.0 Å². The van der Waals surface area contributed by atoms with E-state index in [0.29, 0.717) is 12.0 Å². The molecule has 0 saturated heterocycles. The van der Waals surface area contributed by atoms with E-state index in [1.54, 1.807) is 11.0 Å². The fourth-order valence-corrected chi connectivity index (χ4v) is 4.23. The monoisotopic (exact) mass is 441 g/mol. The number of nitrogens with zero attached hydrogens (tertiary/aromatic N) is 2. The fourth-order valence-electron chi connectivity index (χ4n) is 3.26. The predicted molar refractivity (Wildman–Crippen MR) is 107 cm³/mol. The summed E-state index contributed by atoms with van der Waals surface area (Å²) in [6.45, 7) is 4.01. The molecule has 1 amide bonds. The van der Waals surface area contributed by atoms with E-state index in [1.165, 1.54) is 24.4 Å². The summed E-state index contributed by atoms with van der Waals surface area (Å²) in [5, 5.41) is 2.81. The van der Waals surface area contributed by atoms with Gasteiger partial charge < -0.3 is 10.2 Å². The molecular formula is C20H22F3N3O3S. The zero-order valence-corrected chi connectivity index (χ0v) is 17.3. The van der Waals surface area contributed by atoms with Gasteiger partial charge in [-0.1, -0.05) is 26.0 Å². The van der Waals surface area contributed by atoms with Crippen LogP contribution in [0.1, 0.15) is 37.4 Å². The van der Waals surface area contributed by atoms with Crippen LogP contribution in [0.5, 0.6) is 0 Å². The van der Waals surface area contributed by atoms with Crippen LogP contribution >= 0.6 is 0 Å². The fraction of sp³-hybridized carbons (Fsp3) is 0.400. The van der Waals surface area contributed by atoms with Crippen molar-refractivity contribution in [3.8, 4) is 0 Å². The molecule has 0 aliphatic carbocycles. The molecule has 0 saturated carbocycles. The average molecular weight is 441 g/mol. The molecule has 3 rings (SSSR count). The summed E-state index contributed by atoms with van der Waals surface area (Å²) in [6.07, 6.45) is 0.374. The van der Waals surface area contributed by atoms with Gasteiger partial charge in [-0.05, 0) is 42.2 Å². The van der Waals surface area contributed by atoms with Crippen molar-refractivity contribution in [2.45, 2.75) is 32.5 Å². The molecule has 2 aliphatic heterocycles. The molecule has 1 unspecified atom stereocenters. The molecule has 1 aromatic carbocycles. The van der Waals surface area contributed by atoms with E-state index in [2.05, 4.69) is 9.71 Å². The van der Waals surface area contributed by atoms with E-state index < -0.39 is 33.7 Å². The Balaban J connectivity index is 1.82. The van der Waals surface area contributed by atoms with Crippen LogP contribution in [0.2, 0.25) is 0 Å². The minimum absolute atomic E-state index is 0.131. The summed E-state index contributed by atoms with van der Waals surface area (Å²) in [5.74, 6) is -0.251. The maximum absolute atomic E-state index is 13.1. The third-order valence-corrected chi connectivity index (χ3v) is 5.88. The molecule has 162 valence electrons. The highest BCUT2D eigenvalue weighted by molar-refractivity contribution is 7.90. The first-order valence-electron chi connectivity index (χ1n) is 9.42. The second kappa shape index (κ2) is 8.25. The number of halogens is 3. The number of carbonyl (C=O) groups excluding carboxylic acids is 1. The van der Waals surface area contributed by atoms with Crippen molar-refractivity contribution >= 4 is 21.8 Å². The van der Waals surface area contributed by atoms with E-state index in [9.17, 15) is 26.4 Å². The van der Waals surface area contributed by atoms with E-state index >= 15 is 0 Å². The van der Waals surface area contributed by atoms with Gasteiger partial charge in [-0.2, -0.15) is 13.2 Å². The lowest BCUT2D eigenvalue weighted by Gasteiger charge is -2.28. The van der Waals surface area contributed by atoms with Gasteiger partial charge in [-0.3, -0.25) is 4.79 Å². The first-order chi connectivity index (χ1) is 13.9. The number of alkyl halides is 3. The number of amidine groups is 1. The number of carbonyl (C=O) groups is 1. The van der Waals surface area contributed by atoms with Crippen LogP contribution < -0.4 is 5.32 Å². The Hall–Kier alpha value is -2.62. The molecule has 0 radical (unpaired) electrons. The van der Waals surface area contributed by atoms with E-state index in [4.69, 9.17) is 0 Å². The molecule has 0 fully saturated rings. The van der Waals surface area contributed by atoms with Crippen LogP contribution in [0.4, 0.5) is 13.2 Å². The average Bonchev–Trinajstić information content (AvgIpc) is 2.65. The Morgan fingerprint density at radius 2 is 2.00 bits per heavy atom. The maximum atomic E-state index is 13.1. The van der Waals surface area contributed by atoms with Crippen molar-refractivity contribution in [3.05, 3.63) is 59.3 Å². The highest BCUT2D eigenvalue weighted by Gasteiger charge is 2.31. The minimum atomic E-state index is -4.47. The van der Waals surface area contributed by atoms with Crippen LogP contribution in [0.3, 0.4) is 0 Å². The third kappa shape index (κ3) is 5.29. The van der Waals surface area contributed by atoms with Crippen LogP contribution in [0.25, 0.3) is 0 Å².